The average Bonchev–Trinajstić information content (AvgIpc) is 2.51. The lowest BCUT2D eigenvalue weighted by molar-refractivity contribution is -0.124. The number of amides is 1. The van der Waals surface area contributed by atoms with Gasteiger partial charge in [0.1, 0.15) is 0 Å². The van der Waals surface area contributed by atoms with E-state index in [1.165, 1.54) is 38.5 Å². The third-order valence-electron chi connectivity index (χ3n) is 4.13. The molecule has 2 N–H and O–H groups in total. The molecule has 0 bridgehead atoms. The summed E-state index contributed by atoms with van der Waals surface area (Å²) in [4.78, 5) is 12.0. The lowest BCUT2D eigenvalue weighted by Gasteiger charge is -2.38. The molecule has 2 rings (SSSR count). The normalized spacial score (nSPS) is 28.9. The van der Waals surface area contributed by atoms with E-state index in [2.05, 4.69) is 17.6 Å². The van der Waals surface area contributed by atoms with Crippen molar-refractivity contribution in [2.45, 2.75) is 57.9 Å². The van der Waals surface area contributed by atoms with Crippen LogP contribution in [0.5, 0.6) is 0 Å². The summed E-state index contributed by atoms with van der Waals surface area (Å²) >= 11 is 0. The number of nitrogens with one attached hydrogen (secondary N) is 2. The molecular weight excluding hydrogens is 200 g/mol. The van der Waals surface area contributed by atoms with E-state index in [0.717, 1.165) is 19.5 Å². The Kier molecular flexibility index (Phi) is 3.85. The van der Waals surface area contributed by atoms with Crippen molar-refractivity contribution in [1.29, 1.82) is 0 Å². The van der Waals surface area contributed by atoms with Crippen LogP contribution in [0.2, 0.25) is 0 Å². The summed E-state index contributed by atoms with van der Waals surface area (Å²) in [6, 6.07) is 0.0613. The van der Waals surface area contributed by atoms with Crippen LogP contribution in [0.15, 0.2) is 0 Å². The molecule has 1 heterocycles. The van der Waals surface area contributed by atoms with Crippen LogP contribution in [-0.4, -0.2) is 25.0 Å². The van der Waals surface area contributed by atoms with Crippen molar-refractivity contribution in [3.05, 3.63) is 0 Å². The summed E-state index contributed by atoms with van der Waals surface area (Å²) in [7, 11) is 0. The zero-order valence-corrected chi connectivity index (χ0v) is 10.3. The number of hydrogen-bond donors (Lipinski definition) is 2. The molecule has 2 aliphatic rings. The Labute approximate surface area is 98.4 Å². The lowest BCUT2D eigenvalue weighted by atomic mass is 9.70. The van der Waals surface area contributed by atoms with Crippen molar-refractivity contribution in [2.24, 2.45) is 5.41 Å². The van der Waals surface area contributed by atoms with E-state index in [1.807, 2.05) is 0 Å². The van der Waals surface area contributed by atoms with Crippen molar-refractivity contribution < 1.29 is 4.79 Å². The molecule has 0 aromatic heterocycles. The van der Waals surface area contributed by atoms with Gasteiger partial charge in [-0.1, -0.05) is 26.2 Å². The molecule has 16 heavy (non-hydrogen) atoms. The minimum atomic E-state index is 0.0613. The number of hydrogen-bond acceptors (Lipinski definition) is 2. The molecule has 3 nitrogen and oxygen atoms in total. The predicted molar refractivity (Wildman–Crippen MR) is 65.2 cm³/mol. The fraction of sp³-hybridized carbons (Fsp3) is 0.923. The van der Waals surface area contributed by atoms with E-state index >= 15 is 0 Å². The van der Waals surface area contributed by atoms with Crippen molar-refractivity contribution in [3.63, 3.8) is 0 Å². The average molecular weight is 224 g/mol. The van der Waals surface area contributed by atoms with Gasteiger partial charge in [-0.25, -0.2) is 0 Å². The maximum atomic E-state index is 12.0. The molecule has 0 spiro atoms. The number of carbonyl (C=O) groups excluding carboxylic acids is 1. The van der Waals surface area contributed by atoms with Gasteiger partial charge in [0.05, 0.1) is 6.04 Å². The highest BCUT2D eigenvalue weighted by atomic mass is 16.2. The number of carbonyl (C=O) groups is 1. The van der Waals surface area contributed by atoms with Gasteiger partial charge in [0.2, 0.25) is 5.91 Å². The summed E-state index contributed by atoms with van der Waals surface area (Å²) < 4.78 is 0. The summed E-state index contributed by atoms with van der Waals surface area (Å²) in [5, 5.41) is 6.46. The van der Waals surface area contributed by atoms with Crippen LogP contribution in [0.1, 0.15) is 51.9 Å². The first-order valence-electron chi connectivity index (χ1n) is 6.71. The Morgan fingerprint density at radius 1 is 1.31 bits per heavy atom. The SMILES string of the molecule is CC1(CNC(=O)C2CCCCCN2)CCC1. The molecule has 0 radical (unpaired) electrons. The van der Waals surface area contributed by atoms with Gasteiger partial charge < -0.3 is 10.6 Å². The zero-order chi connectivity index (χ0) is 11.4. The van der Waals surface area contributed by atoms with Crippen LogP contribution in [0.3, 0.4) is 0 Å². The highest BCUT2D eigenvalue weighted by Crippen LogP contribution is 2.39. The van der Waals surface area contributed by atoms with Crippen molar-refractivity contribution >= 4 is 5.91 Å². The zero-order valence-electron chi connectivity index (χ0n) is 10.3. The van der Waals surface area contributed by atoms with E-state index < -0.39 is 0 Å². The molecule has 92 valence electrons. The molecule has 3 heteroatoms. The predicted octanol–water partition coefficient (Wildman–Crippen LogP) is 1.82. The van der Waals surface area contributed by atoms with E-state index in [9.17, 15) is 4.79 Å². The third kappa shape index (κ3) is 2.97. The third-order valence-corrected chi connectivity index (χ3v) is 4.13. The van der Waals surface area contributed by atoms with Crippen LogP contribution in [-0.2, 0) is 4.79 Å². The molecule has 1 aliphatic heterocycles. The first-order valence-corrected chi connectivity index (χ1v) is 6.71. The van der Waals surface area contributed by atoms with Gasteiger partial charge in [0, 0.05) is 6.54 Å². The van der Waals surface area contributed by atoms with Gasteiger partial charge in [-0.15, -0.1) is 0 Å². The molecule has 1 unspecified atom stereocenters. The molecule has 1 saturated heterocycles. The summed E-state index contributed by atoms with van der Waals surface area (Å²) in [5.74, 6) is 0.218. The monoisotopic (exact) mass is 224 g/mol. The minimum Gasteiger partial charge on any atom is -0.354 e. The van der Waals surface area contributed by atoms with E-state index in [4.69, 9.17) is 0 Å². The topological polar surface area (TPSA) is 41.1 Å². The molecule has 1 amide bonds. The maximum absolute atomic E-state index is 12.0. The molecular formula is C13H24N2O. The summed E-state index contributed by atoms with van der Waals surface area (Å²) in [6.07, 6.45) is 8.52. The van der Waals surface area contributed by atoms with Crippen molar-refractivity contribution in [1.82, 2.24) is 10.6 Å². The summed E-state index contributed by atoms with van der Waals surface area (Å²) in [5.41, 5.74) is 0.389. The second kappa shape index (κ2) is 5.17. The van der Waals surface area contributed by atoms with Crippen molar-refractivity contribution in [2.75, 3.05) is 13.1 Å². The Morgan fingerprint density at radius 2 is 2.12 bits per heavy atom. The van der Waals surface area contributed by atoms with Gasteiger partial charge in [-0.2, -0.15) is 0 Å². The second-order valence-corrected chi connectivity index (χ2v) is 5.74. The van der Waals surface area contributed by atoms with Crippen LogP contribution >= 0.6 is 0 Å². The van der Waals surface area contributed by atoms with E-state index in [-0.39, 0.29) is 11.9 Å². The van der Waals surface area contributed by atoms with Gasteiger partial charge >= 0.3 is 0 Å². The smallest absolute Gasteiger partial charge is 0.237 e. The largest absolute Gasteiger partial charge is 0.354 e. The maximum Gasteiger partial charge on any atom is 0.237 e. The Bertz CT molecular complexity index is 240. The fourth-order valence-electron chi connectivity index (χ4n) is 2.63. The van der Waals surface area contributed by atoms with Gasteiger partial charge in [-0.05, 0) is 37.6 Å². The molecule has 0 aromatic rings. The van der Waals surface area contributed by atoms with Crippen molar-refractivity contribution in [3.8, 4) is 0 Å². The Balaban J connectivity index is 1.73. The second-order valence-electron chi connectivity index (χ2n) is 5.74. The Morgan fingerprint density at radius 3 is 2.81 bits per heavy atom. The van der Waals surface area contributed by atoms with Crippen LogP contribution in [0, 0.1) is 5.41 Å². The minimum absolute atomic E-state index is 0.0613. The molecule has 1 atom stereocenters. The Hall–Kier alpha value is -0.570. The van der Waals surface area contributed by atoms with Gasteiger partial charge in [0.15, 0.2) is 0 Å². The first kappa shape index (κ1) is 11.9. The first-order chi connectivity index (χ1) is 7.70. The molecule has 2 fully saturated rings. The fourth-order valence-corrected chi connectivity index (χ4v) is 2.63. The number of rotatable bonds is 3. The summed E-state index contributed by atoms with van der Waals surface area (Å²) in [6.45, 7) is 4.14. The van der Waals surface area contributed by atoms with Crippen LogP contribution < -0.4 is 10.6 Å². The van der Waals surface area contributed by atoms with E-state index in [0.29, 0.717) is 5.41 Å². The molecule has 1 saturated carbocycles. The molecule has 1 aliphatic carbocycles. The lowest BCUT2D eigenvalue weighted by Crippen LogP contribution is -2.48. The molecule has 0 aromatic carbocycles. The highest BCUT2D eigenvalue weighted by molar-refractivity contribution is 5.81. The quantitative estimate of drug-likeness (QED) is 0.768. The standard InChI is InChI=1S/C13H24N2O/c1-13(7-5-8-13)10-15-12(16)11-6-3-2-4-9-14-11/h11,14H,2-10H2,1H3,(H,15,16). The van der Waals surface area contributed by atoms with Crippen LogP contribution in [0.4, 0.5) is 0 Å². The van der Waals surface area contributed by atoms with E-state index in [1.54, 1.807) is 0 Å². The highest BCUT2D eigenvalue weighted by Gasteiger charge is 2.32. The van der Waals surface area contributed by atoms with Crippen LogP contribution in [0.25, 0.3) is 0 Å². The van der Waals surface area contributed by atoms with Gasteiger partial charge in [-0.3, -0.25) is 4.79 Å². The van der Waals surface area contributed by atoms with Gasteiger partial charge in [0.25, 0.3) is 0 Å².